The molecule has 0 aromatic carbocycles. The molecule has 0 rings (SSSR count). The number of rotatable bonds is 5. The van der Waals surface area contributed by atoms with E-state index >= 15 is 0 Å². The van der Waals surface area contributed by atoms with Crippen molar-refractivity contribution in [3.63, 3.8) is 0 Å². The molecule has 0 heterocycles. The van der Waals surface area contributed by atoms with Crippen LogP contribution in [0.3, 0.4) is 0 Å². The van der Waals surface area contributed by atoms with E-state index in [4.69, 9.17) is 8.85 Å². The molecular formula is C7H23NO2Si3. The minimum Gasteiger partial charge on any atom is -0.407 e. The van der Waals surface area contributed by atoms with Crippen LogP contribution in [0.4, 0.5) is 0 Å². The fraction of sp³-hybridized carbons (Fsp3) is 1.00. The van der Waals surface area contributed by atoms with E-state index in [9.17, 15) is 0 Å². The van der Waals surface area contributed by atoms with Crippen molar-refractivity contribution >= 4 is 26.6 Å². The summed E-state index contributed by atoms with van der Waals surface area (Å²) in [5.74, 6) is 0. The van der Waals surface area contributed by atoms with Crippen LogP contribution in [0.1, 0.15) is 0 Å². The van der Waals surface area contributed by atoms with Gasteiger partial charge in [-0.3, -0.25) is 0 Å². The minimum atomic E-state index is -1.63. The molecule has 0 aliphatic heterocycles. The van der Waals surface area contributed by atoms with Gasteiger partial charge in [-0.1, -0.05) is 6.55 Å². The number of hydrogen-bond acceptors (Lipinski definition) is 3. The molecule has 0 radical (unpaired) electrons. The highest BCUT2D eigenvalue weighted by atomic mass is 28.5. The van der Waals surface area contributed by atoms with Crippen molar-refractivity contribution in [2.24, 2.45) is 0 Å². The monoisotopic (exact) mass is 237 g/mol. The zero-order chi connectivity index (χ0) is 10.7. The highest BCUT2D eigenvalue weighted by Gasteiger charge is 2.41. The third kappa shape index (κ3) is 3.30. The molecule has 0 fully saturated rings. The van der Waals surface area contributed by atoms with Crippen LogP contribution in [0.25, 0.3) is 0 Å². The van der Waals surface area contributed by atoms with Crippen LogP contribution in [0.5, 0.6) is 0 Å². The zero-order valence-electron chi connectivity index (χ0n) is 9.97. The van der Waals surface area contributed by atoms with E-state index in [1.807, 2.05) is 14.2 Å². The summed E-state index contributed by atoms with van der Waals surface area (Å²) in [5, 5.41) is 0. The summed E-state index contributed by atoms with van der Waals surface area (Å²) >= 11 is 0. The molecule has 0 saturated carbocycles. The maximum absolute atomic E-state index is 5.63. The molecule has 80 valence electrons. The second-order valence-corrected chi connectivity index (χ2v) is 14.7. The summed E-state index contributed by atoms with van der Waals surface area (Å²) in [6.45, 7) is 11.3. The Morgan fingerprint density at radius 1 is 0.923 bits per heavy atom. The van der Waals surface area contributed by atoms with Gasteiger partial charge in [0.1, 0.15) is 0 Å². The van der Waals surface area contributed by atoms with E-state index in [0.29, 0.717) is 0 Å². The van der Waals surface area contributed by atoms with Crippen molar-refractivity contribution in [1.82, 2.24) is 3.90 Å². The second kappa shape index (κ2) is 4.85. The molecule has 0 saturated heterocycles. The Morgan fingerprint density at radius 2 is 1.23 bits per heavy atom. The molecule has 0 amide bonds. The van der Waals surface area contributed by atoms with Gasteiger partial charge in [0.25, 0.3) is 17.0 Å². The van der Waals surface area contributed by atoms with E-state index in [1.54, 1.807) is 0 Å². The summed E-state index contributed by atoms with van der Waals surface area (Å²) in [4.78, 5) is 0. The minimum absolute atomic E-state index is 0.196. The lowest BCUT2D eigenvalue weighted by Gasteiger charge is -2.43. The first-order chi connectivity index (χ1) is 5.81. The highest BCUT2D eigenvalue weighted by Crippen LogP contribution is 2.19. The van der Waals surface area contributed by atoms with Gasteiger partial charge in [-0.2, -0.15) is 0 Å². The van der Waals surface area contributed by atoms with Crippen LogP contribution in [0.2, 0.25) is 32.7 Å². The van der Waals surface area contributed by atoms with Crippen molar-refractivity contribution < 1.29 is 8.85 Å². The standard InChI is InChI=1S/C7H23NO2Si3/c1-9-12(4,5)8(11-3)13(6,7)10-2/h11H2,1-7H3. The van der Waals surface area contributed by atoms with Gasteiger partial charge < -0.3 is 12.7 Å². The third-order valence-corrected chi connectivity index (χ3v) is 17.5. The normalized spacial score (nSPS) is 14.8. The molecule has 0 aliphatic rings. The largest absolute Gasteiger partial charge is 0.407 e. The van der Waals surface area contributed by atoms with Crippen LogP contribution < -0.4 is 0 Å². The van der Waals surface area contributed by atoms with Crippen molar-refractivity contribution in [3.8, 4) is 0 Å². The van der Waals surface area contributed by atoms with E-state index in [2.05, 4.69) is 36.6 Å². The maximum atomic E-state index is 5.63. The van der Waals surface area contributed by atoms with E-state index in [1.165, 1.54) is 0 Å². The highest BCUT2D eigenvalue weighted by molar-refractivity contribution is 6.91. The summed E-state index contributed by atoms with van der Waals surface area (Å²) < 4.78 is 13.8. The Balaban J connectivity index is 4.69. The first kappa shape index (κ1) is 13.5. The molecule has 0 unspecified atom stereocenters. The van der Waals surface area contributed by atoms with Crippen LogP contribution >= 0.6 is 0 Å². The molecule has 0 spiro atoms. The van der Waals surface area contributed by atoms with Gasteiger partial charge in [0.15, 0.2) is 0 Å². The number of nitrogens with zero attached hydrogens (tertiary/aromatic N) is 1. The fourth-order valence-electron chi connectivity index (χ4n) is 1.63. The average Bonchev–Trinajstić information content (AvgIpc) is 2.05. The quantitative estimate of drug-likeness (QED) is 0.669. The van der Waals surface area contributed by atoms with Gasteiger partial charge in [0.05, 0.1) is 9.68 Å². The van der Waals surface area contributed by atoms with Crippen LogP contribution in [0.15, 0.2) is 0 Å². The smallest absolute Gasteiger partial charge is 0.252 e. The Kier molecular flexibility index (Phi) is 5.05. The summed E-state index contributed by atoms with van der Waals surface area (Å²) in [6.07, 6.45) is 0. The van der Waals surface area contributed by atoms with Crippen LogP contribution in [-0.4, -0.2) is 44.8 Å². The molecule has 3 nitrogen and oxygen atoms in total. The van der Waals surface area contributed by atoms with Gasteiger partial charge >= 0.3 is 0 Å². The molecule has 0 N–H and O–H groups in total. The van der Waals surface area contributed by atoms with Gasteiger partial charge in [-0.25, -0.2) is 0 Å². The van der Waals surface area contributed by atoms with E-state index in [0.717, 1.165) is 0 Å². The molecule has 0 bridgehead atoms. The van der Waals surface area contributed by atoms with Crippen molar-refractivity contribution in [3.05, 3.63) is 0 Å². The molecule has 13 heavy (non-hydrogen) atoms. The summed E-state index contributed by atoms with van der Waals surface area (Å²) in [7, 11) is 0.188. The lowest BCUT2D eigenvalue weighted by Crippen LogP contribution is -2.65. The molecule has 0 aromatic rings. The second-order valence-electron chi connectivity index (χ2n) is 4.05. The van der Waals surface area contributed by atoms with Crippen LogP contribution in [0, 0.1) is 0 Å². The SMILES string of the molecule is CO[Si](C)(C)N([SiH2]C)[Si](C)(C)OC. The topological polar surface area (TPSA) is 21.7 Å². The molecule has 6 heteroatoms. The van der Waals surface area contributed by atoms with E-state index < -0.39 is 17.0 Å². The lowest BCUT2D eigenvalue weighted by molar-refractivity contribution is 0.341. The fourth-order valence-corrected chi connectivity index (χ4v) is 14.7. The van der Waals surface area contributed by atoms with E-state index in [-0.39, 0.29) is 9.68 Å². The average molecular weight is 238 g/mol. The summed E-state index contributed by atoms with van der Waals surface area (Å²) in [5.41, 5.74) is 0. The van der Waals surface area contributed by atoms with Gasteiger partial charge in [0.2, 0.25) is 0 Å². The van der Waals surface area contributed by atoms with Gasteiger partial charge in [0, 0.05) is 14.2 Å². The Labute approximate surface area is 86.7 Å². The third-order valence-electron chi connectivity index (χ3n) is 2.62. The Bertz CT molecular complexity index is 148. The number of hydrogen-bond donors (Lipinski definition) is 0. The Hall–Kier alpha value is 0.531. The van der Waals surface area contributed by atoms with Gasteiger partial charge in [-0.05, 0) is 26.2 Å². The Morgan fingerprint density at radius 3 is 1.38 bits per heavy atom. The van der Waals surface area contributed by atoms with Crippen molar-refractivity contribution in [2.45, 2.75) is 32.7 Å². The molecule has 0 aliphatic carbocycles. The maximum Gasteiger partial charge on any atom is 0.252 e. The lowest BCUT2D eigenvalue weighted by atomic mass is 11.8. The molecule has 0 atom stereocenters. The zero-order valence-corrected chi connectivity index (χ0v) is 13.4. The molecular weight excluding hydrogens is 214 g/mol. The summed E-state index contributed by atoms with van der Waals surface area (Å²) in [6, 6.07) is 0. The van der Waals surface area contributed by atoms with Crippen molar-refractivity contribution in [1.29, 1.82) is 0 Å². The first-order valence-electron chi connectivity index (χ1n) is 4.70. The predicted molar refractivity (Wildman–Crippen MR) is 65.2 cm³/mol. The van der Waals surface area contributed by atoms with Crippen molar-refractivity contribution in [2.75, 3.05) is 14.2 Å². The first-order valence-corrected chi connectivity index (χ1v) is 12.5. The molecule has 0 aromatic heterocycles. The van der Waals surface area contributed by atoms with Crippen LogP contribution in [-0.2, 0) is 8.85 Å². The predicted octanol–water partition coefficient (Wildman–Crippen LogP) is 1.12. The van der Waals surface area contributed by atoms with Gasteiger partial charge in [-0.15, -0.1) is 0 Å².